The molecule has 70 valence electrons. The van der Waals surface area contributed by atoms with Gasteiger partial charge in [-0.15, -0.1) is 0 Å². The average Bonchev–Trinajstić information content (AvgIpc) is 2.45. The van der Waals surface area contributed by atoms with E-state index in [1.54, 1.807) is 0 Å². The van der Waals surface area contributed by atoms with Crippen molar-refractivity contribution in [3.8, 4) is 0 Å². The van der Waals surface area contributed by atoms with Gasteiger partial charge in [0.1, 0.15) is 5.78 Å². The molecule has 0 aromatic heterocycles. The van der Waals surface area contributed by atoms with Gasteiger partial charge in [-0.2, -0.15) is 0 Å². The summed E-state index contributed by atoms with van der Waals surface area (Å²) in [6, 6.07) is 0. The third-order valence-electron chi connectivity index (χ3n) is 2.43. The number of likely N-dealkylation sites (tertiary alicyclic amines) is 1. The van der Waals surface area contributed by atoms with Crippen molar-refractivity contribution in [1.29, 1.82) is 0 Å². The molecule has 1 aliphatic rings. The minimum absolute atomic E-state index is 0.422. The molecule has 0 spiro atoms. The summed E-state index contributed by atoms with van der Waals surface area (Å²) in [7, 11) is 0. The molecule has 1 aliphatic heterocycles. The minimum atomic E-state index is 0.422. The van der Waals surface area contributed by atoms with Crippen LogP contribution in [0.4, 0.5) is 0 Å². The van der Waals surface area contributed by atoms with Crippen LogP contribution in [0.25, 0.3) is 0 Å². The van der Waals surface area contributed by atoms with Crippen LogP contribution in [0.1, 0.15) is 39.0 Å². The number of ketones is 1. The summed E-state index contributed by atoms with van der Waals surface area (Å²) in [5, 5.41) is 0. The molecule has 1 rings (SSSR count). The highest BCUT2D eigenvalue weighted by atomic mass is 16.1. The van der Waals surface area contributed by atoms with Crippen molar-refractivity contribution in [3.05, 3.63) is 0 Å². The van der Waals surface area contributed by atoms with Gasteiger partial charge in [0.15, 0.2) is 0 Å². The third kappa shape index (κ3) is 3.35. The van der Waals surface area contributed by atoms with Gasteiger partial charge in [-0.05, 0) is 13.0 Å². The number of hydrogen-bond acceptors (Lipinski definition) is 2. The molecule has 0 saturated carbocycles. The highest BCUT2D eigenvalue weighted by Gasteiger charge is 2.17. The van der Waals surface area contributed by atoms with Crippen LogP contribution in [0, 0.1) is 0 Å². The predicted molar refractivity (Wildman–Crippen MR) is 50.2 cm³/mol. The Hall–Kier alpha value is -0.370. The molecule has 0 unspecified atom stereocenters. The number of unbranched alkanes of at least 4 members (excludes halogenated alkanes) is 3. The lowest BCUT2D eigenvalue weighted by Gasteiger charge is -2.12. The van der Waals surface area contributed by atoms with Crippen LogP contribution in [-0.4, -0.2) is 30.3 Å². The Kier molecular flexibility index (Phi) is 4.30. The minimum Gasteiger partial charge on any atom is -0.298 e. The highest BCUT2D eigenvalue weighted by molar-refractivity contribution is 5.82. The second kappa shape index (κ2) is 5.31. The van der Waals surface area contributed by atoms with E-state index >= 15 is 0 Å². The number of hydrogen-bond donors (Lipinski definition) is 0. The number of rotatable bonds is 5. The molecule has 0 bridgehead atoms. The molecule has 0 atom stereocenters. The fourth-order valence-electron chi connectivity index (χ4n) is 1.64. The highest BCUT2D eigenvalue weighted by Crippen LogP contribution is 2.07. The Morgan fingerprint density at radius 1 is 1.33 bits per heavy atom. The Labute approximate surface area is 74.9 Å². The molecule has 0 amide bonds. The van der Waals surface area contributed by atoms with E-state index in [2.05, 4.69) is 11.8 Å². The summed E-state index contributed by atoms with van der Waals surface area (Å²) < 4.78 is 0. The van der Waals surface area contributed by atoms with Gasteiger partial charge in [0.05, 0.1) is 6.54 Å². The lowest BCUT2D eigenvalue weighted by atomic mass is 10.2. The zero-order valence-electron chi connectivity index (χ0n) is 8.01. The maximum Gasteiger partial charge on any atom is 0.148 e. The van der Waals surface area contributed by atoms with Crippen LogP contribution in [-0.2, 0) is 4.79 Å². The smallest absolute Gasteiger partial charge is 0.148 e. The Bertz CT molecular complexity index is 145. The van der Waals surface area contributed by atoms with Crippen LogP contribution in [0.3, 0.4) is 0 Å². The van der Waals surface area contributed by atoms with Crippen molar-refractivity contribution in [1.82, 2.24) is 4.90 Å². The molecular weight excluding hydrogens is 150 g/mol. The quantitative estimate of drug-likeness (QED) is 0.585. The zero-order chi connectivity index (χ0) is 8.81. The fourth-order valence-corrected chi connectivity index (χ4v) is 1.64. The van der Waals surface area contributed by atoms with Crippen LogP contribution in [0.5, 0.6) is 0 Å². The normalized spacial score (nSPS) is 18.9. The Morgan fingerprint density at radius 3 is 2.75 bits per heavy atom. The molecule has 12 heavy (non-hydrogen) atoms. The zero-order valence-corrected chi connectivity index (χ0v) is 8.01. The molecule has 0 N–H and O–H groups in total. The molecular formula is C10H19NO. The van der Waals surface area contributed by atoms with Gasteiger partial charge >= 0.3 is 0 Å². The van der Waals surface area contributed by atoms with Crippen molar-refractivity contribution in [3.63, 3.8) is 0 Å². The second-order valence-corrected chi connectivity index (χ2v) is 3.63. The van der Waals surface area contributed by atoms with E-state index in [1.807, 2.05) is 0 Å². The lowest BCUT2D eigenvalue weighted by Crippen LogP contribution is -2.21. The number of nitrogens with zero attached hydrogens (tertiary/aromatic N) is 1. The summed E-state index contributed by atoms with van der Waals surface area (Å²) in [5.41, 5.74) is 0. The standard InChI is InChI=1S/C10H19NO/c1-2-3-4-5-7-11-8-6-10(12)9-11/h2-9H2,1H3. The summed E-state index contributed by atoms with van der Waals surface area (Å²) in [6.45, 7) is 5.07. The number of carbonyl (C=O) groups excluding carboxylic acids is 1. The topological polar surface area (TPSA) is 20.3 Å². The van der Waals surface area contributed by atoms with E-state index in [9.17, 15) is 4.79 Å². The van der Waals surface area contributed by atoms with E-state index in [1.165, 1.54) is 25.7 Å². The first-order chi connectivity index (χ1) is 5.83. The second-order valence-electron chi connectivity index (χ2n) is 3.63. The van der Waals surface area contributed by atoms with Gasteiger partial charge in [0, 0.05) is 13.0 Å². The van der Waals surface area contributed by atoms with Crippen molar-refractivity contribution >= 4 is 5.78 Å². The lowest BCUT2D eigenvalue weighted by molar-refractivity contribution is -0.116. The fraction of sp³-hybridized carbons (Fsp3) is 0.900. The average molecular weight is 169 g/mol. The van der Waals surface area contributed by atoms with Gasteiger partial charge in [0.25, 0.3) is 0 Å². The van der Waals surface area contributed by atoms with Crippen molar-refractivity contribution < 1.29 is 4.79 Å². The monoisotopic (exact) mass is 169 g/mol. The van der Waals surface area contributed by atoms with Crippen molar-refractivity contribution in [2.45, 2.75) is 39.0 Å². The van der Waals surface area contributed by atoms with Crippen LogP contribution in [0.15, 0.2) is 0 Å². The first-order valence-electron chi connectivity index (χ1n) is 5.07. The number of Topliss-reactive ketones (excluding diaryl/α,β-unsaturated/α-hetero) is 1. The van der Waals surface area contributed by atoms with Gasteiger partial charge in [-0.1, -0.05) is 26.2 Å². The largest absolute Gasteiger partial charge is 0.298 e. The first-order valence-corrected chi connectivity index (χ1v) is 5.07. The molecule has 1 fully saturated rings. The van der Waals surface area contributed by atoms with Gasteiger partial charge in [-0.3, -0.25) is 9.69 Å². The maximum absolute atomic E-state index is 10.9. The Morgan fingerprint density at radius 2 is 2.17 bits per heavy atom. The molecule has 1 heterocycles. The van der Waals surface area contributed by atoms with Gasteiger partial charge < -0.3 is 0 Å². The van der Waals surface area contributed by atoms with Crippen LogP contribution < -0.4 is 0 Å². The predicted octanol–water partition coefficient (Wildman–Crippen LogP) is 1.84. The molecule has 0 aromatic carbocycles. The molecule has 2 heteroatoms. The Balaban J connectivity index is 1.97. The van der Waals surface area contributed by atoms with Crippen LogP contribution >= 0.6 is 0 Å². The van der Waals surface area contributed by atoms with Gasteiger partial charge in [-0.25, -0.2) is 0 Å². The molecule has 1 saturated heterocycles. The van der Waals surface area contributed by atoms with E-state index in [0.717, 1.165) is 19.5 Å². The van der Waals surface area contributed by atoms with Crippen molar-refractivity contribution in [2.75, 3.05) is 19.6 Å². The molecule has 0 radical (unpaired) electrons. The SMILES string of the molecule is CCCCCCN1CCC(=O)C1. The summed E-state index contributed by atoms with van der Waals surface area (Å²) >= 11 is 0. The molecule has 2 nitrogen and oxygen atoms in total. The number of carbonyl (C=O) groups is 1. The maximum atomic E-state index is 10.9. The van der Waals surface area contributed by atoms with Crippen LogP contribution in [0.2, 0.25) is 0 Å². The van der Waals surface area contributed by atoms with E-state index < -0.39 is 0 Å². The van der Waals surface area contributed by atoms with E-state index in [-0.39, 0.29) is 0 Å². The van der Waals surface area contributed by atoms with Gasteiger partial charge in [0.2, 0.25) is 0 Å². The first kappa shape index (κ1) is 9.72. The van der Waals surface area contributed by atoms with Crippen molar-refractivity contribution in [2.24, 2.45) is 0 Å². The summed E-state index contributed by atoms with van der Waals surface area (Å²) in [6.07, 6.45) is 6.00. The summed E-state index contributed by atoms with van der Waals surface area (Å²) in [4.78, 5) is 13.2. The van der Waals surface area contributed by atoms with E-state index in [4.69, 9.17) is 0 Å². The third-order valence-corrected chi connectivity index (χ3v) is 2.43. The molecule has 0 aromatic rings. The molecule has 0 aliphatic carbocycles. The summed E-state index contributed by atoms with van der Waals surface area (Å²) in [5.74, 6) is 0.422. The van der Waals surface area contributed by atoms with E-state index in [0.29, 0.717) is 12.3 Å².